The molecule has 0 radical (unpaired) electrons. The molecule has 4 nitrogen and oxygen atoms in total. The Balaban J connectivity index is 1.71. The molecule has 1 aromatic heterocycles. The van der Waals surface area contributed by atoms with Crippen molar-refractivity contribution in [1.82, 2.24) is 15.5 Å². The molecule has 0 aliphatic rings. The van der Waals surface area contributed by atoms with Crippen LogP contribution in [0.25, 0.3) is 22.4 Å². The van der Waals surface area contributed by atoms with Crippen LogP contribution in [-0.4, -0.2) is 28.5 Å². The highest BCUT2D eigenvalue weighted by Crippen LogP contribution is 2.25. The van der Waals surface area contributed by atoms with E-state index in [9.17, 15) is 0 Å². The summed E-state index contributed by atoms with van der Waals surface area (Å²) in [6.07, 6.45) is 2.55. The summed E-state index contributed by atoms with van der Waals surface area (Å²) in [5.74, 6) is 0. The van der Waals surface area contributed by atoms with Crippen LogP contribution in [0.2, 0.25) is 0 Å². The lowest BCUT2D eigenvalue weighted by molar-refractivity contribution is 0.286. The number of aromatic nitrogens is 2. The third-order valence-electron chi connectivity index (χ3n) is 3.80. The van der Waals surface area contributed by atoms with E-state index in [1.165, 1.54) is 16.7 Å². The molecule has 0 bridgehead atoms. The monoisotopic (exact) mass is 307 g/mol. The molecule has 0 fully saturated rings. The molecule has 1 heterocycles. The van der Waals surface area contributed by atoms with Crippen molar-refractivity contribution in [2.45, 2.75) is 13.0 Å². The zero-order valence-electron chi connectivity index (χ0n) is 13.0. The number of benzene rings is 2. The average molecular weight is 307 g/mol. The Morgan fingerprint density at radius 1 is 0.957 bits per heavy atom. The van der Waals surface area contributed by atoms with Gasteiger partial charge in [-0.15, -0.1) is 0 Å². The fourth-order valence-electron chi connectivity index (χ4n) is 2.53. The maximum absolute atomic E-state index is 8.77. The summed E-state index contributed by atoms with van der Waals surface area (Å²) in [4.78, 5) is 0. The SMILES string of the molecule is OCCCNCc1ccc(-c2cccc(-c3ccn[nH]3)c2)cc1. The largest absolute Gasteiger partial charge is 0.396 e. The number of aliphatic hydroxyl groups is 1. The van der Waals surface area contributed by atoms with Gasteiger partial charge in [-0.25, -0.2) is 0 Å². The van der Waals surface area contributed by atoms with Crippen molar-refractivity contribution in [3.63, 3.8) is 0 Å². The summed E-state index contributed by atoms with van der Waals surface area (Å²) in [7, 11) is 0. The van der Waals surface area contributed by atoms with E-state index in [-0.39, 0.29) is 6.61 Å². The standard InChI is InChI=1S/C19H21N3O/c23-12-2-10-20-14-15-5-7-16(8-6-15)17-3-1-4-18(13-17)19-9-11-21-22-19/h1,3-9,11,13,20,23H,2,10,12,14H2,(H,21,22). The smallest absolute Gasteiger partial charge is 0.0650 e. The molecule has 0 aliphatic heterocycles. The van der Waals surface area contributed by atoms with Crippen molar-refractivity contribution >= 4 is 0 Å². The average Bonchev–Trinajstić information content (AvgIpc) is 3.14. The molecule has 0 aliphatic carbocycles. The minimum absolute atomic E-state index is 0.235. The lowest BCUT2D eigenvalue weighted by atomic mass is 10.0. The zero-order chi connectivity index (χ0) is 15.9. The first-order chi connectivity index (χ1) is 11.4. The first kappa shape index (κ1) is 15.5. The zero-order valence-corrected chi connectivity index (χ0v) is 13.0. The molecule has 0 spiro atoms. The molecule has 0 amide bonds. The number of rotatable bonds is 7. The van der Waals surface area contributed by atoms with Gasteiger partial charge in [0.15, 0.2) is 0 Å². The molecule has 0 atom stereocenters. The molecular weight excluding hydrogens is 286 g/mol. The topological polar surface area (TPSA) is 60.9 Å². The van der Waals surface area contributed by atoms with E-state index in [0.29, 0.717) is 0 Å². The van der Waals surface area contributed by atoms with Crippen molar-refractivity contribution in [2.75, 3.05) is 13.2 Å². The quantitative estimate of drug-likeness (QED) is 0.587. The summed E-state index contributed by atoms with van der Waals surface area (Å²) in [6.45, 7) is 1.90. The molecule has 3 aromatic rings. The van der Waals surface area contributed by atoms with Crippen LogP contribution in [0, 0.1) is 0 Å². The van der Waals surface area contributed by atoms with E-state index in [4.69, 9.17) is 5.11 Å². The Morgan fingerprint density at radius 3 is 2.52 bits per heavy atom. The third-order valence-corrected chi connectivity index (χ3v) is 3.80. The predicted octanol–water partition coefficient (Wildman–Crippen LogP) is 3.22. The first-order valence-electron chi connectivity index (χ1n) is 7.87. The molecular formula is C19H21N3O. The number of H-pyrrole nitrogens is 1. The Morgan fingerprint density at radius 2 is 1.78 bits per heavy atom. The fourth-order valence-corrected chi connectivity index (χ4v) is 2.53. The van der Waals surface area contributed by atoms with Gasteiger partial charge in [0.25, 0.3) is 0 Å². The first-order valence-corrected chi connectivity index (χ1v) is 7.87. The van der Waals surface area contributed by atoms with E-state index in [0.717, 1.165) is 30.8 Å². The van der Waals surface area contributed by atoms with Crippen LogP contribution in [0.5, 0.6) is 0 Å². The van der Waals surface area contributed by atoms with Gasteiger partial charge in [-0.3, -0.25) is 5.10 Å². The van der Waals surface area contributed by atoms with Crippen molar-refractivity contribution in [3.05, 3.63) is 66.4 Å². The van der Waals surface area contributed by atoms with Crippen LogP contribution in [0.3, 0.4) is 0 Å². The van der Waals surface area contributed by atoms with Gasteiger partial charge >= 0.3 is 0 Å². The number of hydrogen-bond donors (Lipinski definition) is 3. The van der Waals surface area contributed by atoms with Gasteiger partial charge in [0.2, 0.25) is 0 Å². The summed E-state index contributed by atoms with van der Waals surface area (Å²) in [5.41, 5.74) is 5.80. The number of nitrogens with one attached hydrogen (secondary N) is 2. The molecule has 0 saturated carbocycles. The molecule has 0 unspecified atom stereocenters. The van der Waals surface area contributed by atoms with Crippen molar-refractivity contribution < 1.29 is 5.11 Å². The van der Waals surface area contributed by atoms with Gasteiger partial charge in [0, 0.05) is 24.9 Å². The van der Waals surface area contributed by atoms with Gasteiger partial charge in [-0.2, -0.15) is 5.10 Å². The Kier molecular flexibility index (Phi) is 5.19. The lowest BCUT2D eigenvalue weighted by Crippen LogP contribution is -2.15. The summed E-state index contributed by atoms with van der Waals surface area (Å²) < 4.78 is 0. The molecule has 2 aromatic carbocycles. The Bertz CT molecular complexity index is 721. The second kappa shape index (κ2) is 7.72. The number of nitrogens with zero attached hydrogens (tertiary/aromatic N) is 1. The van der Waals surface area contributed by atoms with Crippen LogP contribution in [-0.2, 0) is 6.54 Å². The minimum Gasteiger partial charge on any atom is -0.396 e. The van der Waals surface area contributed by atoms with E-state index in [1.807, 2.05) is 6.07 Å². The van der Waals surface area contributed by atoms with Gasteiger partial charge in [-0.1, -0.05) is 42.5 Å². The number of aliphatic hydroxyl groups excluding tert-OH is 1. The van der Waals surface area contributed by atoms with Gasteiger partial charge in [0.05, 0.1) is 5.69 Å². The summed E-state index contributed by atoms with van der Waals surface area (Å²) in [5, 5.41) is 19.1. The maximum Gasteiger partial charge on any atom is 0.0650 e. The second-order valence-corrected chi connectivity index (χ2v) is 5.50. The van der Waals surface area contributed by atoms with Gasteiger partial charge in [0.1, 0.15) is 0 Å². The van der Waals surface area contributed by atoms with Crippen LogP contribution in [0.4, 0.5) is 0 Å². The highest BCUT2D eigenvalue weighted by Gasteiger charge is 2.03. The Labute approximate surface area is 136 Å². The predicted molar refractivity (Wildman–Crippen MR) is 92.9 cm³/mol. The lowest BCUT2D eigenvalue weighted by Gasteiger charge is -2.07. The van der Waals surface area contributed by atoms with Crippen LogP contribution >= 0.6 is 0 Å². The van der Waals surface area contributed by atoms with Gasteiger partial charge < -0.3 is 10.4 Å². The molecule has 118 valence electrons. The molecule has 3 N–H and O–H groups in total. The minimum atomic E-state index is 0.235. The maximum atomic E-state index is 8.77. The Hall–Kier alpha value is -2.43. The summed E-state index contributed by atoms with van der Waals surface area (Å²) in [6, 6.07) is 19.0. The van der Waals surface area contributed by atoms with Gasteiger partial charge in [-0.05, 0) is 41.8 Å². The van der Waals surface area contributed by atoms with Crippen molar-refractivity contribution in [1.29, 1.82) is 0 Å². The number of aromatic amines is 1. The fraction of sp³-hybridized carbons (Fsp3) is 0.211. The highest BCUT2D eigenvalue weighted by atomic mass is 16.3. The normalized spacial score (nSPS) is 10.8. The van der Waals surface area contributed by atoms with Crippen LogP contribution < -0.4 is 5.32 Å². The van der Waals surface area contributed by atoms with Crippen LogP contribution in [0.1, 0.15) is 12.0 Å². The highest BCUT2D eigenvalue weighted by molar-refractivity contribution is 5.71. The van der Waals surface area contributed by atoms with Crippen molar-refractivity contribution in [2.24, 2.45) is 0 Å². The number of hydrogen-bond acceptors (Lipinski definition) is 3. The molecule has 0 saturated heterocycles. The van der Waals surface area contributed by atoms with E-state index in [1.54, 1.807) is 6.20 Å². The van der Waals surface area contributed by atoms with E-state index < -0.39 is 0 Å². The van der Waals surface area contributed by atoms with E-state index in [2.05, 4.69) is 64.0 Å². The van der Waals surface area contributed by atoms with Crippen molar-refractivity contribution in [3.8, 4) is 22.4 Å². The van der Waals surface area contributed by atoms with E-state index >= 15 is 0 Å². The molecule has 4 heteroatoms. The molecule has 23 heavy (non-hydrogen) atoms. The molecule has 3 rings (SSSR count). The third kappa shape index (κ3) is 4.06. The summed E-state index contributed by atoms with van der Waals surface area (Å²) >= 11 is 0. The van der Waals surface area contributed by atoms with Crippen LogP contribution in [0.15, 0.2) is 60.8 Å². The second-order valence-electron chi connectivity index (χ2n) is 5.50.